The summed E-state index contributed by atoms with van der Waals surface area (Å²) in [5.74, 6) is -0.639. The van der Waals surface area contributed by atoms with Gasteiger partial charge in [0.25, 0.3) is 0 Å². The van der Waals surface area contributed by atoms with Gasteiger partial charge in [-0.15, -0.1) is 0 Å². The monoisotopic (exact) mass is 445 g/mol. The highest BCUT2D eigenvalue weighted by atomic mass is 28.4. The summed E-state index contributed by atoms with van der Waals surface area (Å²) in [5, 5.41) is 0.0439. The number of nitrogens with zero attached hydrogens (tertiary/aromatic N) is 1. The van der Waals surface area contributed by atoms with E-state index in [2.05, 4.69) is 58.2 Å². The van der Waals surface area contributed by atoms with Gasteiger partial charge >= 0.3 is 0 Å². The van der Waals surface area contributed by atoms with Crippen LogP contribution in [0.1, 0.15) is 53.5 Å². The minimum absolute atomic E-state index is 0.0439. The van der Waals surface area contributed by atoms with Gasteiger partial charge in [0.05, 0.1) is 12.1 Å². The Bertz CT molecular complexity index is 799. The first-order valence-corrected chi connectivity index (χ1v) is 14.2. The van der Waals surface area contributed by atoms with E-state index in [0.29, 0.717) is 13.0 Å². The summed E-state index contributed by atoms with van der Waals surface area (Å²) >= 11 is 0. The second-order valence-electron chi connectivity index (χ2n) is 10.8. The first kappa shape index (κ1) is 24.2. The standard InChI is InChI=1S/C25H39NO4Si/c1-18(27)26(17-19-13-10-9-11-14-19)20-15-12-16-21-23(29-25(5,6)28-21)22(20)30-31(7,8)24(2,3)4/h9-14,16,20-23H,15,17H2,1-8H3/t20?,21-,22-,23-/m0/s1. The average Bonchev–Trinajstić information content (AvgIpc) is 2.88. The van der Waals surface area contributed by atoms with Crippen molar-refractivity contribution in [3.8, 4) is 0 Å². The van der Waals surface area contributed by atoms with E-state index < -0.39 is 14.1 Å². The van der Waals surface area contributed by atoms with Crippen molar-refractivity contribution in [3.05, 3.63) is 48.0 Å². The lowest BCUT2D eigenvalue weighted by molar-refractivity contribution is -0.159. The van der Waals surface area contributed by atoms with Crippen LogP contribution in [0.4, 0.5) is 0 Å². The zero-order valence-electron chi connectivity index (χ0n) is 20.3. The summed E-state index contributed by atoms with van der Waals surface area (Å²) in [4.78, 5) is 14.8. The zero-order valence-corrected chi connectivity index (χ0v) is 21.3. The Morgan fingerprint density at radius 2 is 1.84 bits per heavy atom. The third kappa shape index (κ3) is 5.48. The molecule has 0 radical (unpaired) electrons. The summed E-state index contributed by atoms with van der Waals surface area (Å²) in [5.41, 5.74) is 1.11. The maximum absolute atomic E-state index is 12.9. The van der Waals surface area contributed by atoms with E-state index in [4.69, 9.17) is 13.9 Å². The second-order valence-corrected chi connectivity index (χ2v) is 15.5. The lowest BCUT2D eigenvalue weighted by atomic mass is 9.99. The van der Waals surface area contributed by atoms with Gasteiger partial charge < -0.3 is 18.8 Å². The summed E-state index contributed by atoms with van der Waals surface area (Å²) in [6, 6.07) is 10.0. The Kier molecular flexibility index (Phi) is 6.87. The van der Waals surface area contributed by atoms with Gasteiger partial charge in [0.15, 0.2) is 14.1 Å². The summed E-state index contributed by atoms with van der Waals surface area (Å²) in [6.07, 6.45) is 4.22. The van der Waals surface area contributed by atoms with Gasteiger partial charge in [-0.2, -0.15) is 0 Å². The first-order chi connectivity index (χ1) is 14.3. The van der Waals surface area contributed by atoms with Crippen LogP contribution < -0.4 is 0 Å². The Morgan fingerprint density at radius 1 is 1.19 bits per heavy atom. The fraction of sp³-hybridized carbons (Fsp3) is 0.640. The molecule has 1 amide bonds. The van der Waals surface area contributed by atoms with Crippen molar-refractivity contribution < 1.29 is 18.7 Å². The topological polar surface area (TPSA) is 48.0 Å². The molecule has 6 heteroatoms. The van der Waals surface area contributed by atoms with Crippen molar-refractivity contribution in [3.63, 3.8) is 0 Å². The third-order valence-corrected chi connectivity index (χ3v) is 11.3. The minimum Gasteiger partial charge on any atom is -0.409 e. The number of rotatable bonds is 5. The lowest BCUT2D eigenvalue weighted by Gasteiger charge is -2.45. The number of carbonyl (C=O) groups excluding carboxylic acids is 1. The summed E-state index contributed by atoms with van der Waals surface area (Å²) in [7, 11) is -2.14. The molecule has 172 valence electrons. The second kappa shape index (κ2) is 8.81. The molecular formula is C25H39NO4Si. The van der Waals surface area contributed by atoms with Crippen molar-refractivity contribution in [1.82, 2.24) is 4.90 Å². The Morgan fingerprint density at radius 3 is 2.42 bits per heavy atom. The Hall–Kier alpha value is -1.47. The van der Waals surface area contributed by atoms with Crippen molar-refractivity contribution in [2.45, 2.75) is 103 Å². The highest BCUT2D eigenvalue weighted by molar-refractivity contribution is 6.74. The van der Waals surface area contributed by atoms with Gasteiger partial charge in [-0.25, -0.2) is 0 Å². The number of ether oxygens (including phenoxy) is 2. The predicted molar refractivity (Wildman–Crippen MR) is 126 cm³/mol. The molecule has 0 spiro atoms. The largest absolute Gasteiger partial charge is 0.409 e. The molecule has 0 bridgehead atoms. The number of fused-ring (bicyclic) bond motifs is 1. The molecule has 31 heavy (non-hydrogen) atoms. The molecule has 1 unspecified atom stereocenters. The van der Waals surface area contributed by atoms with Crippen molar-refractivity contribution >= 4 is 14.2 Å². The van der Waals surface area contributed by atoms with Crippen LogP contribution in [0, 0.1) is 0 Å². The maximum atomic E-state index is 12.9. The molecule has 1 aromatic carbocycles. The van der Waals surface area contributed by atoms with Crippen molar-refractivity contribution in [1.29, 1.82) is 0 Å². The van der Waals surface area contributed by atoms with Crippen LogP contribution in [0.2, 0.25) is 18.1 Å². The van der Waals surface area contributed by atoms with E-state index >= 15 is 0 Å². The number of amides is 1. The van der Waals surface area contributed by atoms with Crippen LogP contribution in [0.3, 0.4) is 0 Å². The number of benzene rings is 1. The Balaban J connectivity index is 2.00. The zero-order chi connectivity index (χ0) is 23.0. The van der Waals surface area contributed by atoms with E-state index in [-0.39, 0.29) is 35.3 Å². The van der Waals surface area contributed by atoms with Gasteiger partial charge in [0.2, 0.25) is 5.91 Å². The van der Waals surface area contributed by atoms with Gasteiger partial charge in [0.1, 0.15) is 12.2 Å². The Labute approximate surface area is 188 Å². The molecule has 0 N–H and O–H groups in total. The number of hydrogen-bond donors (Lipinski definition) is 0. The van der Waals surface area contributed by atoms with E-state index in [1.807, 2.05) is 36.9 Å². The molecule has 1 aliphatic carbocycles. The average molecular weight is 446 g/mol. The quantitative estimate of drug-likeness (QED) is 0.457. The smallest absolute Gasteiger partial charge is 0.220 e. The fourth-order valence-electron chi connectivity index (χ4n) is 4.13. The molecule has 5 nitrogen and oxygen atoms in total. The van der Waals surface area contributed by atoms with Crippen LogP contribution in [0.25, 0.3) is 0 Å². The maximum Gasteiger partial charge on any atom is 0.220 e. The highest BCUT2D eigenvalue weighted by Gasteiger charge is 2.52. The number of carbonyl (C=O) groups is 1. The van der Waals surface area contributed by atoms with Crippen LogP contribution in [-0.4, -0.2) is 49.3 Å². The SMILES string of the molecule is CC(=O)N(Cc1ccccc1)C1CC=C[C@@H]2OC(C)(C)O[C@@H]2[C@H]1O[Si](C)(C)C(C)(C)C. The first-order valence-electron chi connectivity index (χ1n) is 11.3. The van der Waals surface area contributed by atoms with Crippen molar-refractivity contribution in [2.24, 2.45) is 0 Å². The molecule has 0 saturated carbocycles. The molecular weight excluding hydrogens is 406 g/mol. The molecule has 4 atom stereocenters. The predicted octanol–water partition coefficient (Wildman–Crippen LogP) is 5.27. The van der Waals surface area contributed by atoms with Crippen LogP contribution in [-0.2, 0) is 25.2 Å². The summed E-state index contributed by atoms with van der Waals surface area (Å²) in [6.45, 7) is 17.3. The molecule has 1 saturated heterocycles. The molecule has 1 fully saturated rings. The van der Waals surface area contributed by atoms with Gasteiger partial charge in [-0.05, 0) is 44.0 Å². The van der Waals surface area contributed by atoms with E-state index in [9.17, 15) is 4.79 Å². The minimum atomic E-state index is -2.14. The number of hydrogen-bond acceptors (Lipinski definition) is 4. The van der Waals surface area contributed by atoms with E-state index in [1.165, 1.54) is 0 Å². The van der Waals surface area contributed by atoms with Gasteiger partial charge in [-0.3, -0.25) is 4.79 Å². The van der Waals surface area contributed by atoms with Gasteiger partial charge in [-0.1, -0.05) is 63.3 Å². The van der Waals surface area contributed by atoms with Crippen LogP contribution in [0.15, 0.2) is 42.5 Å². The molecule has 1 aliphatic heterocycles. The van der Waals surface area contributed by atoms with Crippen LogP contribution in [0.5, 0.6) is 0 Å². The molecule has 1 heterocycles. The van der Waals surface area contributed by atoms with Gasteiger partial charge in [0, 0.05) is 13.5 Å². The highest BCUT2D eigenvalue weighted by Crippen LogP contribution is 2.42. The van der Waals surface area contributed by atoms with E-state index in [0.717, 1.165) is 5.56 Å². The third-order valence-electron chi connectivity index (χ3n) is 6.81. The lowest BCUT2D eigenvalue weighted by Crippen LogP contribution is -2.57. The molecule has 3 rings (SSSR count). The fourth-order valence-corrected chi connectivity index (χ4v) is 5.46. The summed E-state index contributed by atoms with van der Waals surface area (Å²) < 4.78 is 19.6. The normalized spacial score (nSPS) is 28.1. The molecule has 2 aliphatic rings. The molecule has 1 aromatic rings. The van der Waals surface area contributed by atoms with Crippen molar-refractivity contribution in [2.75, 3.05) is 0 Å². The molecule has 0 aromatic heterocycles. The van der Waals surface area contributed by atoms with E-state index in [1.54, 1.807) is 6.92 Å². The van der Waals surface area contributed by atoms with Crippen LogP contribution >= 0.6 is 0 Å².